The van der Waals surface area contributed by atoms with E-state index in [1.165, 1.54) is 10.8 Å². The highest BCUT2D eigenvalue weighted by atomic mass is 35.5. The van der Waals surface area contributed by atoms with Gasteiger partial charge in [-0.15, -0.1) is 0 Å². The number of carbonyl (C=O) groups is 2. The van der Waals surface area contributed by atoms with E-state index in [0.29, 0.717) is 10.6 Å². The van der Waals surface area contributed by atoms with Crippen molar-refractivity contribution >= 4 is 50.1 Å². The molecule has 4 rings (SSSR count). The second kappa shape index (κ2) is 12.8. The van der Waals surface area contributed by atoms with Crippen molar-refractivity contribution in [3.63, 3.8) is 0 Å². The molecule has 2 aromatic heterocycles. The number of nitrogens with one attached hydrogen (secondary N) is 1. The van der Waals surface area contributed by atoms with E-state index < -0.39 is 56.8 Å². The van der Waals surface area contributed by atoms with Gasteiger partial charge in [0.1, 0.15) is 11.5 Å². The van der Waals surface area contributed by atoms with Crippen LogP contribution in [0.2, 0.25) is 5.02 Å². The van der Waals surface area contributed by atoms with Crippen molar-refractivity contribution in [2.24, 2.45) is 11.8 Å². The van der Waals surface area contributed by atoms with Crippen LogP contribution in [0.25, 0.3) is 22.2 Å². The lowest BCUT2D eigenvalue weighted by Crippen LogP contribution is -2.24. The number of fused-ring (bicyclic) bond motifs is 1. The number of rotatable bonds is 11. The molecule has 4 aromatic rings. The fourth-order valence-corrected chi connectivity index (χ4v) is 5.80. The average molecular weight is 632 g/mol. The standard InChI is InChI=1S/C31H32ClF2N3O5S/c1-6-13-43(40,41)36-25-12-11-24(33)26(27(25)34)28(38)23-16-37(30(17(2)3)42-31(39)18(4)5)29-22(23)14-20(15-35-29)19-7-9-21(32)10-8-19/h7-12,14-18,30,36H,6,13H2,1-5H3. The van der Waals surface area contributed by atoms with Crippen LogP contribution in [-0.2, 0) is 19.6 Å². The number of esters is 1. The first kappa shape index (κ1) is 32.1. The lowest BCUT2D eigenvalue weighted by Gasteiger charge is -2.24. The topological polar surface area (TPSA) is 107 Å². The summed E-state index contributed by atoms with van der Waals surface area (Å²) in [5, 5.41) is 0.770. The molecule has 0 fully saturated rings. The number of hydrogen-bond acceptors (Lipinski definition) is 6. The van der Waals surface area contributed by atoms with E-state index in [4.69, 9.17) is 16.3 Å². The first-order valence-electron chi connectivity index (χ1n) is 13.7. The predicted octanol–water partition coefficient (Wildman–Crippen LogP) is 7.37. The monoisotopic (exact) mass is 631 g/mol. The van der Waals surface area contributed by atoms with Crippen LogP contribution in [0.1, 0.15) is 63.2 Å². The molecule has 1 atom stereocenters. The molecule has 1 unspecified atom stereocenters. The zero-order valence-electron chi connectivity index (χ0n) is 24.3. The number of pyridine rings is 1. The smallest absolute Gasteiger partial charge is 0.310 e. The Kier molecular flexibility index (Phi) is 9.56. The highest BCUT2D eigenvalue weighted by molar-refractivity contribution is 7.92. The van der Waals surface area contributed by atoms with Crippen molar-refractivity contribution in [3.05, 3.63) is 82.6 Å². The zero-order chi connectivity index (χ0) is 31.6. The van der Waals surface area contributed by atoms with Gasteiger partial charge < -0.3 is 4.74 Å². The number of anilines is 1. The maximum Gasteiger partial charge on any atom is 0.310 e. The van der Waals surface area contributed by atoms with Crippen molar-refractivity contribution in [1.82, 2.24) is 9.55 Å². The molecule has 0 saturated heterocycles. The summed E-state index contributed by atoms with van der Waals surface area (Å²) < 4.78 is 64.8. The summed E-state index contributed by atoms with van der Waals surface area (Å²) in [5.74, 6) is -5.03. The Morgan fingerprint density at radius 2 is 1.72 bits per heavy atom. The quantitative estimate of drug-likeness (QED) is 0.137. The molecule has 2 heterocycles. The predicted molar refractivity (Wildman–Crippen MR) is 162 cm³/mol. The molecule has 0 bridgehead atoms. The van der Waals surface area contributed by atoms with Gasteiger partial charge in [-0.3, -0.25) is 18.9 Å². The normalized spacial score (nSPS) is 12.6. The molecule has 0 aliphatic rings. The van der Waals surface area contributed by atoms with Crippen molar-refractivity contribution in [2.45, 2.75) is 47.3 Å². The van der Waals surface area contributed by atoms with Crippen LogP contribution < -0.4 is 4.72 Å². The molecule has 0 spiro atoms. The van der Waals surface area contributed by atoms with Crippen LogP contribution in [-0.4, -0.2) is 35.5 Å². The van der Waals surface area contributed by atoms with E-state index in [9.17, 15) is 18.0 Å². The van der Waals surface area contributed by atoms with Gasteiger partial charge in [0.25, 0.3) is 0 Å². The fourth-order valence-electron chi connectivity index (χ4n) is 4.54. The third-order valence-corrected chi connectivity index (χ3v) is 8.43. The number of hydrogen-bond donors (Lipinski definition) is 1. The zero-order valence-corrected chi connectivity index (χ0v) is 25.9. The molecule has 228 valence electrons. The highest BCUT2D eigenvalue weighted by Crippen LogP contribution is 2.34. The first-order chi connectivity index (χ1) is 20.2. The lowest BCUT2D eigenvalue weighted by atomic mass is 10.00. The van der Waals surface area contributed by atoms with Crippen LogP contribution in [0.15, 0.2) is 54.9 Å². The summed E-state index contributed by atoms with van der Waals surface area (Å²) in [6.07, 6.45) is 2.30. The van der Waals surface area contributed by atoms with E-state index in [2.05, 4.69) is 9.71 Å². The maximum absolute atomic E-state index is 15.7. The summed E-state index contributed by atoms with van der Waals surface area (Å²) in [5.41, 5.74) is -0.0341. The maximum atomic E-state index is 15.7. The van der Waals surface area contributed by atoms with E-state index >= 15 is 8.78 Å². The second-order valence-electron chi connectivity index (χ2n) is 10.8. The van der Waals surface area contributed by atoms with E-state index in [0.717, 1.165) is 17.7 Å². The number of ketones is 1. The summed E-state index contributed by atoms with van der Waals surface area (Å²) in [7, 11) is -3.93. The van der Waals surface area contributed by atoms with Crippen LogP contribution in [0.3, 0.4) is 0 Å². The third-order valence-electron chi connectivity index (χ3n) is 6.70. The van der Waals surface area contributed by atoms with Gasteiger partial charge in [-0.1, -0.05) is 58.4 Å². The third kappa shape index (κ3) is 6.88. The number of benzene rings is 2. The summed E-state index contributed by atoms with van der Waals surface area (Å²) in [4.78, 5) is 31.1. The molecular weight excluding hydrogens is 600 g/mol. The number of aromatic nitrogens is 2. The Bertz CT molecular complexity index is 1790. The van der Waals surface area contributed by atoms with E-state index in [-0.39, 0.29) is 34.7 Å². The van der Waals surface area contributed by atoms with Gasteiger partial charge in [0.2, 0.25) is 15.8 Å². The average Bonchev–Trinajstić information content (AvgIpc) is 3.31. The Hall–Kier alpha value is -3.83. The number of sulfonamides is 1. The molecule has 0 aliphatic carbocycles. The summed E-state index contributed by atoms with van der Waals surface area (Å²) >= 11 is 6.04. The van der Waals surface area contributed by atoms with Crippen molar-refractivity contribution in [1.29, 1.82) is 0 Å². The minimum absolute atomic E-state index is 0.115. The number of ether oxygens (including phenoxy) is 1. The molecular formula is C31H32ClF2N3O5S. The SMILES string of the molecule is CCCS(=O)(=O)Nc1ccc(F)c(C(=O)c2cn(C(OC(=O)C(C)C)C(C)C)c3ncc(-c4ccc(Cl)cc4)cc23)c1F. The molecule has 12 heteroatoms. The van der Waals surface area contributed by atoms with E-state index in [1.807, 2.05) is 13.8 Å². The fraction of sp³-hybridized carbons (Fsp3) is 0.323. The first-order valence-corrected chi connectivity index (χ1v) is 15.8. The lowest BCUT2D eigenvalue weighted by molar-refractivity contribution is -0.160. The van der Waals surface area contributed by atoms with Gasteiger partial charge in [-0.2, -0.15) is 0 Å². The Morgan fingerprint density at radius 3 is 2.33 bits per heavy atom. The largest absolute Gasteiger partial charge is 0.441 e. The molecule has 0 saturated carbocycles. The molecule has 8 nitrogen and oxygen atoms in total. The Labute approximate surface area is 254 Å². The van der Waals surface area contributed by atoms with Crippen LogP contribution in [0, 0.1) is 23.5 Å². The van der Waals surface area contributed by atoms with Crippen LogP contribution in [0.4, 0.5) is 14.5 Å². The van der Waals surface area contributed by atoms with Gasteiger partial charge in [0, 0.05) is 34.3 Å². The molecule has 1 N–H and O–H groups in total. The molecule has 2 aromatic carbocycles. The minimum atomic E-state index is -3.93. The number of carbonyl (C=O) groups excluding carboxylic acids is 2. The Morgan fingerprint density at radius 1 is 1.05 bits per heavy atom. The summed E-state index contributed by atoms with van der Waals surface area (Å²) in [6, 6.07) is 10.3. The Balaban J connectivity index is 1.93. The van der Waals surface area contributed by atoms with Crippen molar-refractivity contribution < 1.29 is 31.5 Å². The van der Waals surface area contributed by atoms with Crippen LogP contribution >= 0.6 is 11.6 Å². The van der Waals surface area contributed by atoms with Gasteiger partial charge >= 0.3 is 5.97 Å². The minimum Gasteiger partial charge on any atom is -0.441 e. The number of nitrogens with zero attached hydrogens (tertiary/aromatic N) is 2. The van der Waals surface area contributed by atoms with Crippen molar-refractivity contribution in [2.75, 3.05) is 10.5 Å². The molecule has 0 amide bonds. The molecule has 43 heavy (non-hydrogen) atoms. The molecule has 0 radical (unpaired) electrons. The van der Waals surface area contributed by atoms with E-state index in [1.54, 1.807) is 57.3 Å². The van der Waals surface area contributed by atoms with Gasteiger partial charge in [0.15, 0.2) is 12.0 Å². The second-order valence-corrected chi connectivity index (χ2v) is 13.1. The highest BCUT2D eigenvalue weighted by Gasteiger charge is 2.30. The van der Waals surface area contributed by atoms with Gasteiger partial charge in [-0.05, 0) is 42.3 Å². The van der Waals surface area contributed by atoms with Crippen molar-refractivity contribution in [3.8, 4) is 11.1 Å². The van der Waals surface area contributed by atoms with Crippen LogP contribution in [0.5, 0.6) is 0 Å². The summed E-state index contributed by atoms with van der Waals surface area (Å²) in [6.45, 7) is 8.65. The van der Waals surface area contributed by atoms with Gasteiger partial charge in [0.05, 0.1) is 28.5 Å². The molecule has 0 aliphatic heterocycles. The van der Waals surface area contributed by atoms with Gasteiger partial charge in [-0.25, -0.2) is 22.2 Å². The number of halogens is 3.